The minimum absolute atomic E-state index is 0.299. The van der Waals surface area contributed by atoms with Crippen molar-refractivity contribution in [2.24, 2.45) is 0 Å². The van der Waals surface area contributed by atoms with Gasteiger partial charge in [0.05, 0.1) is 18.8 Å². The average Bonchev–Trinajstić information content (AvgIpc) is 2.49. The highest BCUT2D eigenvalue weighted by Crippen LogP contribution is 2.31. The molecule has 0 aromatic heterocycles. The first-order chi connectivity index (χ1) is 9.38. The van der Waals surface area contributed by atoms with Crippen molar-refractivity contribution >= 4 is 0 Å². The van der Waals surface area contributed by atoms with Crippen LogP contribution in [0.2, 0.25) is 0 Å². The minimum Gasteiger partial charge on any atom is -0.493 e. The number of hydrogen-bond acceptors (Lipinski definition) is 3. The van der Waals surface area contributed by atoms with Gasteiger partial charge < -0.3 is 14.8 Å². The standard InChI is InChI=1S/C16H23NO2/c1-17-16(15-6-2-3-9-19-15)13-7-8-14-12(11-13)5-4-10-18-14/h7-8,11,15-17H,2-6,9-10H2,1H3. The normalized spacial score (nSPS) is 24.4. The predicted octanol–water partition coefficient (Wildman–Crippen LogP) is 2.84. The molecule has 2 atom stereocenters. The highest BCUT2D eigenvalue weighted by Gasteiger charge is 2.25. The van der Waals surface area contributed by atoms with E-state index in [1.165, 1.54) is 24.0 Å². The van der Waals surface area contributed by atoms with Crippen LogP contribution in [-0.4, -0.2) is 26.4 Å². The van der Waals surface area contributed by atoms with E-state index >= 15 is 0 Å². The van der Waals surface area contributed by atoms with Gasteiger partial charge in [-0.15, -0.1) is 0 Å². The molecule has 0 bridgehead atoms. The average molecular weight is 261 g/mol. The van der Waals surface area contributed by atoms with E-state index in [1.54, 1.807) is 0 Å². The number of nitrogens with one attached hydrogen (secondary N) is 1. The maximum Gasteiger partial charge on any atom is 0.122 e. The zero-order valence-electron chi connectivity index (χ0n) is 11.7. The van der Waals surface area contributed by atoms with Gasteiger partial charge in [0.25, 0.3) is 0 Å². The van der Waals surface area contributed by atoms with Gasteiger partial charge >= 0.3 is 0 Å². The minimum atomic E-state index is 0.299. The van der Waals surface area contributed by atoms with Crippen molar-refractivity contribution < 1.29 is 9.47 Å². The molecule has 1 aromatic rings. The van der Waals surface area contributed by atoms with Crippen LogP contribution in [0.1, 0.15) is 42.9 Å². The first-order valence-electron chi connectivity index (χ1n) is 7.43. The van der Waals surface area contributed by atoms with Crippen LogP contribution in [0.25, 0.3) is 0 Å². The second-order valence-corrected chi connectivity index (χ2v) is 5.49. The van der Waals surface area contributed by atoms with Gasteiger partial charge in [0.1, 0.15) is 5.75 Å². The van der Waals surface area contributed by atoms with Crippen molar-refractivity contribution in [2.45, 2.75) is 44.2 Å². The molecule has 2 aliphatic rings. The summed E-state index contributed by atoms with van der Waals surface area (Å²) in [6.45, 7) is 1.75. The van der Waals surface area contributed by atoms with Crippen LogP contribution in [0.15, 0.2) is 18.2 Å². The molecule has 2 heterocycles. The summed E-state index contributed by atoms with van der Waals surface area (Å²) in [5, 5.41) is 3.43. The first kappa shape index (κ1) is 12.9. The Hall–Kier alpha value is -1.06. The van der Waals surface area contributed by atoms with Crippen LogP contribution in [-0.2, 0) is 11.2 Å². The Bertz CT molecular complexity index is 427. The molecule has 1 aromatic carbocycles. The molecule has 0 radical (unpaired) electrons. The highest BCUT2D eigenvalue weighted by atomic mass is 16.5. The monoisotopic (exact) mass is 261 g/mol. The summed E-state index contributed by atoms with van der Waals surface area (Å²) < 4.78 is 11.6. The van der Waals surface area contributed by atoms with Crippen LogP contribution >= 0.6 is 0 Å². The Morgan fingerprint density at radius 2 is 2.16 bits per heavy atom. The smallest absolute Gasteiger partial charge is 0.122 e. The Labute approximate surface area is 115 Å². The fraction of sp³-hybridized carbons (Fsp3) is 0.625. The highest BCUT2D eigenvalue weighted by molar-refractivity contribution is 5.40. The molecule has 0 saturated carbocycles. The SMILES string of the molecule is CNC(c1ccc2c(c1)CCCO2)C1CCCCO1. The molecule has 3 rings (SSSR count). The van der Waals surface area contributed by atoms with Crippen molar-refractivity contribution in [3.05, 3.63) is 29.3 Å². The lowest BCUT2D eigenvalue weighted by molar-refractivity contribution is -0.00665. The van der Waals surface area contributed by atoms with E-state index in [-0.39, 0.29) is 0 Å². The molecule has 1 saturated heterocycles. The lowest BCUT2D eigenvalue weighted by atomic mass is 9.93. The predicted molar refractivity (Wildman–Crippen MR) is 75.6 cm³/mol. The molecular weight excluding hydrogens is 238 g/mol. The molecule has 0 aliphatic carbocycles. The van der Waals surface area contributed by atoms with Gasteiger partial charge in [0.2, 0.25) is 0 Å². The molecule has 2 unspecified atom stereocenters. The van der Waals surface area contributed by atoms with E-state index in [9.17, 15) is 0 Å². The number of ether oxygens (including phenoxy) is 2. The third-order valence-electron chi connectivity index (χ3n) is 4.19. The Morgan fingerprint density at radius 1 is 1.21 bits per heavy atom. The molecule has 104 valence electrons. The lowest BCUT2D eigenvalue weighted by Crippen LogP contribution is -2.34. The third-order valence-corrected chi connectivity index (χ3v) is 4.19. The van der Waals surface area contributed by atoms with Crippen molar-refractivity contribution in [2.75, 3.05) is 20.3 Å². The molecule has 3 heteroatoms. The van der Waals surface area contributed by atoms with E-state index in [0.29, 0.717) is 12.1 Å². The zero-order valence-corrected chi connectivity index (χ0v) is 11.7. The third kappa shape index (κ3) is 2.77. The molecule has 0 spiro atoms. The lowest BCUT2D eigenvalue weighted by Gasteiger charge is -2.31. The van der Waals surface area contributed by atoms with Crippen molar-refractivity contribution in [1.29, 1.82) is 0 Å². The van der Waals surface area contributed by atoms with Gasteiger partial charge in [-0.05, 0) is 56.3 Å². The molecule has 1 N–H and O–H groups in total. The molecular formula is C16H23NO2. The van der Waals surface area contributed by atoms with Gasteiger partial charge in [-0.1, -0.05) is 12.1 Å². The summed E-state index contributed by atoms with van der Waals surface area (Å²) in [5.74, 6) is 1.06. The molecule has 1 fully saturated rings. The van der Waals surface area contributed by atoms with Crippen LogP contribution in [0, 0.1) is 0 Å². The van der Waals surface area contributed by atoms with Crippen molar-refractivity contribution in [3.63, 3.8) is 0 Å². The number of rotatable bonds is 3. The maximum absolute atomic E-state index is 5.94. The number of fused-ring (bicyclic) bond motifs is 1. The largest absolute Gasteiger partial charge is 0.493 e. The van der Waals surface area contributed by atoms with E-state index in [0.717, 1.165) is 38.2 Å². The van der Waals surface area contributed by atoms with Crippen LogP contribution in [0.4, 0.5) is 0 Å². The number of benzene rings is 1. The van der Waals surface area contributed by atoms with Gasteiger partial charge in [-0.2, -0.15) is 0 Å². The quantitative estimate of drug-likeness (QED) is 0.907. The molecule has 2 aliphatic heterocycles. The summed E-state index contributed by atoms with van der Waals surface area (Å²) in [6.07, 6.45) is 6.19. The van der Waals surface area contributed by atoms with Crippen LogP contribution in [0.5, 0.6) is 5.75 Å². The number of likely N-dealkylation sites (N-methyl/N-ethyl adjacent to an activating group) is 1. The van der Waals surface area contributed by atoms with Gasteiger partial charge in [0.15, 0.2) is 0 Å². The number of aryl methyl sites for hydroxylation is 1. The van der Waals surface area contributed by atoms with Crippen LogP contribution < -0.4 is 10.1 Å². The van der Waals surface area contributed by atoms with Crippen LogP contribution in [0.3, 0.4) is 0 Å². The summed E-state index contributed by atoms with van der Waals surface area (Å²) in [6, 6.07) is 6.90. The number of hydrogen-bond donors (Lipinski definition) is 1. The summed E-state index contributed by atoms with van der Waals surface area (Å²) >= 11 is 0. The zero-order chi connectivity index (χ0) is 13.1. The second-order valence-electron chi connectivity index (χ2n) is 5.49. The van der Waals surface area contributed by atoms with E-state index in [2.05, 4.69) is 23.5 Å². The maximum atomic E-state index is 5.94. The Kier molecular flexibility index (Phi) is 4.04. The van der Waals surface area contributed by atoms with Gasteiger partial charge in [0, 0.05) is 6.61 Å². The first-order valence-corrected chi connectivity index (χ1v) is 7.43. The topological polar surface area (TPSA) is 30.5 Å². The van der Waals surface area contributed by atoms with Crippen molar-refractivity contribution in [1.82, 2.24) is 5.32 Å². The van der Waals surface area contributed by atoms with E-state index < -0.39 is 0 Å². The van der Waals surface area contributed by atoms with E-state index in [1.807, 2.05) is 7.05 Å². The summed E-state index contributed by atoms with van der Waals surface area (Å²) in [5.41, 5.74) is 2.68. The van der Waals surface area contributed by atoms with E-state index in [4.69, 9.17) is 9.47 Å². The van der Waals surface area contributed by atoms with Gasteiger partial charge in [-0.3, -0.25) is 0 Å². The van der Waals surface area contributed by atoms with Crippen molar-refractivity contribution in [3.8, 4) is 5.75 Å². The molecule has 3 nitrogen and oxygen atoms in total. The molecule has 19 heavy (non-hydrogen) atoms. The Balaban J connectivity index is 1.82. The second kappa shape index (κ2) is 5.93. The fourth-order valence-electron chi connectivity index (χ4n) is 3.17. The Morgan fingerprint density at radius 3 is 2.95 bits per heavy atom. The van der Waals surface area contributed by atoms with Gasteiger partial charge in [-0.25, -0.2) is 0 Å². The summed E-state index contributed by atoms with van der Waals surface area (Å²) in [7, 11) is 2.03. The molecule has 0 amide bonds. The summed E-state index contributed by atoms with van der Waals surface area (Å²) in [4.78, 5) is 0. The fourth-order valence-corrected chi connectivity index (χ4v) is 3.17.